The van der Waals surface area contributed by atoms with Crippen molar-refractivity contribution >= 4 is 41.7 Å². The number of rotatable bonds is 4. The lowest BCUT2D eigenvalue weighted by Gasteiger charge is -2.29. The van der Waals surface area contributed by atoms with Crippen LogP contribution >= 0.6 is 35.7 Å². The zero-order chi connectivity index (χ0) is 15.3. The second kappa shape index (κ2) is 8.86. The second-order valence-corrected chi connectivity index (χ2v) is 7.11. The van der Waals surface area contributed by atoms with Gasteiger partial charge < -0.3 is 15.4 Å². The van der Waals surface area contributed by atoms with E-state index in [-0.39, 0.29) is 29.4 Å². The molecule has 0 aliphatic carbocycles. The van der Waals surface area contributed by atoms with Gasteiger partial charge in [-0.25, -0.2) is 0 Å². The molecule has 0 amide bonds. The average Bonchev–Trinajstić information content (AvgIpc) is 2.53. The molecule has 1 aliphatic rings. The minimum Gasteiger partial charge on any atom is -0.497 e. The minimum atomic E-state index is -0.0402. The molecule has 0 bridgehead atoms. The van der Waals surface area contributed by atoms with E-state index in [0.29, 0.717) is 12.5 Å². The first-order chi connectivity index (χ1) is 10.0. The van der Waals surface area contributed by atoms with Crippen molar-refractivity contribution in [1.29, 1.82) is 0 Å². The number of methoxy groups -OCH3 is 1. The van der Waals surface area contributed by atoms with Gasteiger partial charge in [0.15, 0.2) is 5.96 Å². The van der Waals surface area contributed by atoms with Crippen LogP contribution in [0.2, 0.25) is 0 Å². The number of nitrogens with two attached hydrogens (primary N) is 1. The summed E-state index contributed by atoms with van der Waals surface area (Å²) in [5.41, 5.74) is 7.33. The highest BCUT2D eigenvalue weighted by Gasteiger charge is 2.21. The van der Waals surface area contributed by atoms with Crippen LogP contribution in [0.25, 0.3) is 0 Å². The summed E-state index contributed by atoms with van der Waals surface area (Å²) in [7, 11) is 1.68. The molecule has 22 heavy (non-hydrogen) atoms. The van der Waals surface area contributed by atoms with Crippen LogP contribution in [0, 0.1) is 0 Å². The van der Waals surface area contributed by atoms with Gasteiger partial charge in [-0.05, 0) is 17.7 Å². The van der Waals surface area contributed by atoms with E-state index in [2.05, 4.69) is 35.9 Å². The van der Waals surface area contributed by atoms with E-state index in [1.807, 2.05) is 23.9 Å². The van der Waals surface area contributed by atoms with Crippen molar-refractivity contribution in [2.75, 3.05) is 38.2 Å². The molecule has 4 nitrogen and oxygen atoms in total. The smallest absolute Gasteiger partial charge is 0.191 e. The monoisotopic (exact) mass is 435 g/mol. The van der Waals surface area contributed by atoms with Gasteiger partial charge in [0, 0.05) is 30.0 Å². The SMILES string of the molecule is COc1ccc(C(C)(C)CN=C(N)N2CCSCC2)cc1.I. The van der Waals surface area contributed by atoms with Crippen LogP contribution in [0.3, 0.4) is 0 Å². The highest BCUT2D eigenvalue weighted by atomic mass is 127. The Hall–Kier alpha value is -0.630. The van der Waals surface area contributed by atoms with Gasteiger partial charge in [0.1, 0.15) is 5.75 Å². The van der Waals surface area contributed by atoms with Crippen molar-refractivity contribution in [3.8, 4) is 5.75 Å². The molecule has 1 aliphatic heterocycles. The molecule has 2 rings (SSSR count). The Labute approximate surface area is 154 Å². The topological polar surface area (TPSA) is 50.9 Å². The number of ether oxygens (including phenoxy) is 1. The molecule has 0 saturated carbocycles. The molecule has 6 heteroatoms. The normalized spacial score (nSPS) is 16.1. The minimum absolute atomic E-state index is 0. The van der Waals surface area contributed by atoms with Crippen molar-refractivity contribution in [3.63, 3.8) is 0 Å². The summed E-state index contributed by atoms with van der Waals surface area (Å²) >= 11 is 1.98. The fourth-order valence-corrected chi connectivity index (χ4v) is 3.21. The standard InChI is InChI=1S/C16H25N3OS.HI/c1-16(2,13-4-6-14(20-3)7-5-13)12-18-15(17)19-8-10-21-11-9-19;/h4-7H,8-12H2,1-3H3,(H2,17,18);1H. The van der Waals surface area contributed by atoms with Crippen LogP contribution in [0.1, 0.15) is 19.4 Å². The third-order valence-electron chi connectivity index (χ3n) is 3.84. The average molecular weight is 435 g/mol. The van der Waals surface area contributed by atoms with Crippen LogP contribution in [0.15, 0.2) is 29.3 Å². The van der Waals surface area contributed by atoms with Gasteiger partial charge in [0.25, 0.3) is 0 Å². The van der Waals surface area contributed by atoms with Crippen LogP contribution in [0.4, 0.5) is 0 Å². The Kier molecular flexibility index (Phi) is 7.82. The summed E-state index contributed by atoms with van der Waals surface area (Å²) in [6, 6.07) is 8.18. The Morgan fingerprint density at radius 1 is 1.27 bits per heavy atom. The molecule has 0 radical (unpaired) electrons. The molecular weight excluding hydrogens is 409 g/mol. The summed E-state index contributed by atoms with van der Waals surface area (Å²) in [6.45, 7) is 7.08. The van der Waals surface area contributed by atoms with E-state index in [9.17, 15) is 0 Å². The lowest BCUT2D eigenvalue weighted by atomic mass is 9.85. The second-order valence-electron chi connectivity index (χ2n) is 5.89. The van der Waals surface area contributed by atoms with Crippen molar-refractivity contribution < 1.29 is 4.74 Å². The van der Waals surface area contributed by atoms with E-state index >= 15 is 0 Å². The lowest BCUT2D eigenvalue weighted by molar-refractivity contribution is 0.414. The Bertz CT molecular complexity index is 485. The van der Waals surface area contributed by atoms with Gasteiger partial charge in [0.05, 0.1) is 13.7 Å². The third kappa shape index (κ3) is 5.22. The molecule has 1 saturated heterocycles. The fraction of sp³-hybridized carbons (Fsp3) is 0.562. The van der Waals surface area contributed by atoms with E-state index in [4.69, 9.17) is 10.5 Å². The number of thioether (sulfide) groups is 1. The Morgan fingerprint density at radius 2 is 1.86 bits per heavy atom. The highest BCUT2D eigenvalue weighted by molar-refractivity contribution is 14.0. The van der Waals surface area contributed by atoms with Crippen molar-refractivity contribution in [2.45, 2.75) is 19.3 Å². The van der Waals surface area contributed by atoms with Gasteiger partial charge in [0.2, 0.25) is 0 Å². The highest BCUT2D eigenvalue weighted by Crippen LogP contribution is 2.25. The predicted molar refractivity (Wildman–Crippen MR) is 107 cm³/mol. The van der Waals surface area contributed by atoms with Gasteiger partial charge in [-0.2, -0.15) is 11.8 Å². The molecule has 0 aromatic heterocycles. The predicted octanol–water partition coefficient (Wildman–Crippen LogP) is 2.95. The first-order valence-corrected chi connectivity index (χ1v) is 8.45. The van der Waals surface area contributed by atoms with Crippen molar-refractivity contribution in [1.82, 2.24) is 4.90 Å². The van der Waals surface area contributed by atoms with Gasteiger partial charge in [-0.15, -0.1) is 24.0 Å². The molecule has 124 valence electrons. The molecule has 0 atom stereocenters. The van der Waals surface area contributed by atoms with E-state index < -0.39 is 0 Å². The fourth-order valence-electron chi connectivity index (χ4n) is 2.30. The zero-order valence-corrected chi connectivity index (χ0v) is 16.7. The zero-order valence-electron chi connectivity index (χ0n) is 13.5. The number of nitrogens with zero attached hydrogens (tertiary/aromatic N) is 2. The maximum absolute atomic E-state index is 6.13. The summed E-state index contributed by atoms with van der Waals surface area (Å²) in [5.74, 6) is 3.83. The quantitative estimate of drug-likeness (QED) is 0.449. The first kappa shape index (κ1) is 19.4. The Morgan fingerprint density at radius 3 is 2.41 bits per heavy atom. The van der Waals surface area contributed by atoms with Crippen LogP contribution in [-0.4, -0.2) is 49.1 Å². The number of guanidine groups is 1. The number of benzene rings is 1. The molecule has 1 fully saturated rings. The van der Waals surface area contributed by atoms with Crippen molar-refractivity contribution in [3.05, 3.63) is 29.8 Å². The van der Waals surface area contributed by atoms with E-state index in [1.165, 1.54) is 5.56 Å². The number of hydrogen-bond acceptors (Lipinski definition) is 3. The molecule has 1 heterocycles. The number of halogens is 1. The molecule has 0 spiro atoms. The summed E-state index contributed by atoms with van der Waals surface area (Å²) in [4.78, 5) is 6.80. The molecule has 0 unspecified atom stereocenters. The number of aliphatic imine (C=N–C) groups is 1. The van der Waals surface area contributed by atoms with Gasteiger partial charge in [-0.3, -0.25) is 4.99 Å². The molecular formula is C16H26IN3OS. The molecule has 1 aromatic rings. The largest absolute Gasteiger partial charge is 0.497 e. The molecule has 1 aromatic carbocycles. The number of hydrogen-bond donors (Lipinski definition) is 1. The van der Waals surface area contributed by atoms with Crippen molar-refractivity contribution in [2.24, 2.45) is 10.7 Å². The summed E-state index contributed by atoms with van der Waals surface area (Å²) in [6.07, 6.45) is 0. The maximum atomic E-state index is 6.13. The van der Waals surface area contributed by atoms with E-state index in [1.54, 1.807) is 7.11 Å². The van der Waals surface area contributed by atoms with Crippen LogP contribution in [-0.2, 0) is 5.41 Å². The Balaban J connectivity index is 0.00000242. The van der Waals surface area contributed by atoms with Crippen LogP contribution < -0.4 is 10.5 Å². The summed E-state index contributed by atoms with van der Waals surface area (Å²) < 4.78 is 5.20. The first-order valence-electron chi connectivity index (χ1n) is 7.30. The van der Waals surface area contributed by atoms with Gasteiger partial charge in [-0.1, -0.05) is 26.0 Å². The maximum Gasteiger partial charge on any atom is 0.191 e. The summed E-state index contributed by atoms with van der Waals surface area (Å²) in [5, 5.41) is 0. The third-order valence-corrected chi connectivity index (χ3v) is 4.79. The van der Waals surface area contributed by atoms with E-state index in [0.717, 1.165) is 30.3 Å². The van der Waals surface area contributed by atoms with Gasteiger partial charge >= 0.3 is 0 Å². The molecule has 2 N–H and O–H groups in total. The van der Waals surface area contributed by atoms with Crippen LogP contribution in [0.5, 0.6) is 5.75 Å². The lowest BCUT2D eigenvalue weighted by Crippen LogP contribution is -2.43.